The summed E-state index contributed by atoms with van der Waals surface area (Å²) in [5.41, 5.74) is 2.43. The summed E-state index contributed by atoms with van der Waals surface area (Å²) in [7, 11) is 0. The normalized spacial score (nSPS) is 25.5. The standard InChI is InChI=1S/C20H24F2N4O3/c21-17(22)8-13-10-25(7-6-23-13)9-12-2-1-3-14-15(12)11-26(20(14)29)16-4-5-18(27)24-19(16)28/h1-3,13,16-17,23H,4-11H2,(H,24,27,28). The van der Waals surface area contributed by atoms with Gasteiger partial charge in [0.15, 0.2) is 0 Å². The smallest absolute Gasteiger partial charge is 0.255 e. The molecule has 2 fully saturated rings. The number of hydrogen-bond acceptors (Lipinski definition) is 5. The van der Waals surface area contributed by atoms with E-state index in [0.717, 1.165) is 17.7 Å². The lowest BCUT2D eigenvalue weighted by Gasteiger charge is -2.34. The van der Waals surface area contributed by atoms with Crippen molar-refractivity contribution in [3.05, 3.63) is 34.9 Å². The molecule has 3 amide bonds. The summed E-state index contributed by atoms with van der Waals surface area (Å²) in [6.07, 6.45) is -1.97. The van der Waals surface area contributed by atoms with Crippen LogP contribution in [0, 0.1) is 0 Å². The van der Waals surface area contributed by atoms with E-state index in [0.29, 0.717) is 38.2 Å². The van der Waals surface area contributed by atoms with Gasteiger partial charge in [0.25, 0.3) is 5.91 Å². The van der Waals surface area contributed by atoms with Crippen molar-refractivity contribution in [1.82, 2.24) is 20.4 Å². The molecule has 2 N–H and O–H groups in total. The lowest BCUT2D eigenvalue weighted by molar-refractivity contribution is -0.136. The molecule has 9 heteroatoms. The number of piperazine rings is 1. The van der Waals surface area contributed by atoms with E-state index in [1.54, 1.807) is 6.07 Å². The Morgan fingerprint density at radius 1 is 1.21 bits per heavy atom. The summed E-state index contributed by atoms with van der Waals surface area (Å²) in [6, 6.07) is 4.63. The minimum Gasteiger partial charge on any atom is -0.322 e. The molecular weight excluding hydrogens is 382 g/mol. The molecular formula is C20H24F2N4O3. The lowest BCUT2D eigenvalue weighted by Crippen LogP contribution is -2.52. The molecule has 7 nitrogen and oxygen atoms in total. The molecule has 0 aliphatic carbocycles. The van der Waals surface area contributed by atoms with Gasteiger partial charge in [-0.3, -0.25) is 24.6 Å². The van der Waals surface area contributed by atoms with Crippen molar-refractivity contribution in [2.75, 3.05) is 19.6 Å². The van der Waals surface area contributed by atoms with Crippen LogP contribution in [-0.2, 0) is 22.7 Å². The zero-order valence-electron chi connectivity index (χ0n) is 16.0. The number of nitrogens with one attached hydrogen (secondary N) is 2. The van der Waals surface area contributed by atoms with Gasteiger partial charge in [0.05, 0.1) is 0 Å². The Morgan fingerprint density at radius 3 is 2.79 bits per heavy atom. The number of amides is 3. The van der Waals surface area contributed by atoms with E-state index in [2.05, 4.69) is 15.5 Å². The van der Waals surface area contributed by atoms with Crippen LogP contribution in [0.2, 0.25) is 0 Å². The summed E-state index contributed by atoms with van der Waals surface area (Å²) in [4.78, 5) is 40.2. The van der Waals surface area contributed by atoms with Crippen LogP contribution in [0.1, 0.15) is 40.7 Å². The van der Waals surface area contributed by atoms with Crippen LogP contribution in [0.25, 0.3) is 0 Å². The van der Waals surface area contributed by atoms with Crippen molar-refractivity contribution < 1.29 is 23.2 Å². The Hall–Kier alpha value is -2.39. The van der Waals surface area contributed by atoms with Crippen LogP contribution in [0.4, 0.5) is 8.78 Å². The highest BCUT2D eigenvalue weighted by atomic mass is 19.3. The van der Waals surface area contributed by atoms with E-state index in [1.165, 1.54) is 4.90 Å². The molecule has 156 valence electrons. The van der Waals surface area contributed by atoms with E-state index in [1.807, 2.05) is 12.1 Å². The van der Waals surface area contributed by atoms with Crippen molar-refractivity contribution >= 4 is 17.7 Å². The summed E-state index contributed by atoms with van der Waals surface area (Å²) in [5.74, 6) is -0.943. The van der Waals surface area contributed by atoms with Crippen molar-refractivity contribution in [3.63, 3.8) is 0 Å². The molecule has 2 saturated heterocycles. The van der Waals surface area contributed by atoms with E-state index in [-0.39, 0.29) is 30.7 Å². The van der Waals surface area contributed by atoms with Gasteiger partial charge >= 0.3 is 0 Å². The van der Waals surface area contributed by atoms with Crippen molar-refractivity contribution in [1.29, 1.82) is 0 Å². The van der Waals surface area contributed by atoms with Gasteiger partial charge in [0.1, 0.15) is 6.04 Å². The van der Waals surface area contributed by atoms with Crippen molar-refractivity contribution in [2.24, 2.45) is 0 Å². The maximum Gasteiger partial charge on any atom is 0.255 e. The number of fused-ring (bicyclic) bond motifs is 1. The summed E-state index contributed by atoms with van der Waals surface area (Å²) in [5, 5.41) is 5.43. The number of rotatable bonds is 5. The first-order valence-corrected chi connectivity index (χ1v) is 9.91. The number of carbonyl (C=O) groups excluding carboxylic acids is 3. The van der Waals surface area contributed by atoms with Gasteiger partial charge in [0.2, 0.25) is 18.2 Å². The fourth-order valence-electron chi connectivity index (χ4n) is 4.45. The Balaban J connectivity index is 1.48. The number of hydrogen-bond donors (Lipinski definition) is 2. The maximum atomic E-state index is 12.9. The van der Waals surface area contributed by atoms with Crippen LogP contribution in [0.15, 0.2) is 18.2 Å². The highest BCUT2D eigenvalue weighted by Gasteiger charge is 2.39. The molecule has 0 bridgehead atoms. The second kappa shape index (κ2) is 8.16. The summed E-state index contributed by atoms with van der Waals surface area (Å²) in [6.45, 7) is 2.81. The van der Waals surface area contributed by atoms with Gasteiger partial charge in [-0.25, -0.2) is 8.78 Å². The molecule has 29 heavy (non-hydrogen) atoms. The van der Waals surface area contributed by atoms with Crippen LogP contribution >= 0.6 is 0 Å². The first-order valence-electron chi connectivity index (χ1n) is 9.91. The zero-order valence-corrected chi connectivity index (χ0v) is 16.0. The van der Waals surface area contributed by atoms with E-state index in [9.17, 15) is 23.2 Å². The summed E-state index contributed by atoms with van der Waals surface area (Å²) >= 11 is 0. The fourth-order valence-corrected chi connectivity index (χ4v) is 4.45. The highest BCUT2D eigenvalue weighted by molar-refractivity contribution is 6.05. The minimum absolute atomic E-state index is 0.175. The lowest BCUT2D eigenvalue weighted by atomic mass is 10.0. The average molecular weight is 406 g/mol. The number of imide groups is 1. The quantitative estimate of drug-likeness (QED) is 0.710. The van der Waals surface area contributed by atoms with Gasteiger partial charge in [-0.05, 0) is 23.6 Å². The molecule has 0 spiro atoms. The molecule has 2 unspecified atom stereocenters. The largest absolute Gasteiger partial charge is 0.322 e. The molecule has 3 heterocycles. The first kappa shape index (κ1) is 19.9. The van der Waals surface area contributed by atoms with Gasteiger partial charge in [-0.15, -0.1) is 0 Å². The Labute approximate surface area is 167 Å². The third-order valence-electron chi connectivity index (χ3n) is 5.88. The molecule has 2 atom stereocenters. The van der Waals surface area contributed by atoms with Crippen molar-refractivity contribution in [2.45, 2.75) is 50.9 Å². The SMILES string of the molecule is O=C1CCC(N2Cc3c(CN4CCNC(CC(F)F)C4)cccc3C2=O)C(=O)N1. The molecule has 3 aliphatic heterocycles. The third kappa shape index (κ3) is 4.16. The third-order valence-corrected chi connectivity index (χ3v) is 5.88. The maximum absolute atomic E-state index is 12.9. The Kier molecular flexibility index (Phi) is 5.60. The molecule has 4 rings (SSSR count). The zero-order chi connectivity index (χ0) is 20.5. The van der Waals surface area contributed by atoms with E-state index < -0.39 is 18.4 Å². The summed E-state index contributed by atoms with van der Waals surface area (Å²) < 4.78 is 25.4. The topological polar surface area (TPSA) is 81.8 Å². The van der Waals surface area contributed by atoms with Gasteiger partial charge in [-0.2, -0.15) is 0 Å². The predicted molar refractivity (Wildman–Crippen MR) is 100 cm³/mol. The van der Waals surface area contributed by atoms with Crippen LogP contribution in [0.5, 0.6) is 0 Å². The predicted octanol–water partition coefficient (Wildman–Crippen LogP) is 0.877. The van der Waals surface area contributed by atoms with Gasteiger partial charge in [0, 0.05) is 57.2 Å². The number of nitrogens with zero attached hydrogens (tertiary/aromatic N) is 2. The monoisotopic (exact) mass is 406 g/mol. The fraction of sp³-hybridized carbons (Fsp3) is 0.550. The van der Waals surface area contributed by atoms with Gasteiger partial charge < -0.3 is 10.2 Å². The molecule has 1 aromatic carbocycles. The Morgan fingerprint density at radius 2 is 2.03 bits per heavy atom. The number of carbonyl (C=O) groups is 3. The minimum atomic E-state index is -2.34. The van der Waals surface area contributed by atoms with Crippen LogP contribution in [0.3, 0.4) is 0 Å². The second-order valence-corrected chi connectivity index (χ2v) is 7.86. The number of piperidine rings is 1. The van der Waals surface area contributed by atoms with E-state index >= 15 is 0 Å². The van der Waals surface area contributed by atoms with Crippen LogP contribution < -0.4 is 10.6 Å². The first-order chi connectivity index (χ1) is 13.9. The van der Waals surface area contributed by atoms with Crippen LogP contribution in [-0.4, -0.2) is 65.7 Å². The molecule has 1 aromatic rings. The Bertz CT molecular complexity index is 832. The molecule has 3 aliphatic rings. The number of halogens is 2. The number of alkyl halides is 2. The highest BCUT2D eigenvalue weighted by Crippen LogP contribution is 2.30. The molecule has 0 saturated carbocycles. The number of benzene rings is 1. The van der Waals surface area contributed by atoms with Gasteiger partial charge in [-0.1, -0.05) is 12.1 Å². The van der Waals surface area contributed by atoms with E-state index in [4.69, 9.17) is 0 Å². The van der Waals surface area contributed by atoms with Crippen molar-refractivity contribution in [3.8, 4) is 0 Å². The molecule has 0 aromatic heterocycles. The average Bonchev–Trinajstić information content (AvgIpc) is 2.99. The second-order valence-electron chi connectivity index (χ2n) is 7.86. The molecule has 0 radical (unpaired) electrons.